The Balaban J connectivity index is 1.62. The number of likely N-dealkylation sites (tertiary alicyclic amines) is 1. The van der Waals surface area contributed by atoms with Gasteiger partial charge in [-0.05, 0) is 49.1 Å². The number of amides is 2. The number of aryl methyl sites for hydroxylation is 1. The molecule has 3 aliphatic rings. The highest BCUT2D eigenvalue weighted by atomic mass is 79.9. The van der Waals surface area contributed by atoms with Gasteiger partial charge in [0.15, 0.2) is 0 Å². The van der Waals surface area contributed by atoms with Crippen LogP contribution < -0.4 is 4.74 Å². The summed E-state index contributed by atoms with van der Waals surface area (Å²) in [6.45, 7) is 5.82. The maximum atomic E-state index is 13.3. The van der Waals surface area contributed by atoms with E-state index < -0.39 is 12.0 Å². The first-order chi connectivity index (χ1) is 13.7. The highest BCUT2D eigenvalue weighted by Crippen LogP contribution is 2.60. The summed E-state index contributed by atoms with van der Waals surface area (Å²) >= 11 is 7.41. The molecule has 1 saturated heterocycles. The third-order valence-corrected chi connectivity index (χ3v) is 9.81. The Morgan fingerprint density at radius 3 is 2.17 bits per heavy atom. The van der Waals surface area contributed by atoms with E-state index >= 15 is 0 Å². The van der Waals surface area contributed by atoms with Crippen molar-refractivity contribution in [3.05, 3.63) is 29.8 Å². The van der Waals surface area contributed by atoms with Crippen LogP contribution in [0.5, 0.6) is 5.75 Å². The maximum absolute atomic E-state index is 13.3. The van der Waals surface area contributed by atoms with Gasteiger partial charge < -0.3 is 4.74 Å². The summed E-state index contributed by atoms with van der Waals surface area (Å²) in [4.78, 5) is 41.4. The molecule has 3 fully saturated rings. The van der Waals surface area contributed by atoms with Crippen molar-refractivity contribution in [3.63, 3.8) is 0 Å². The third-order valence-electron chi connectivity index (χ3n) is 6.60. The Kier molecular flexibility index (Phi) is 5.66. The smallest absolute Gasteiger partial charge is 0.334 e. The van der Waals surface area contributed by atoms with E-state index in [1.54, 1.807) is 12.1 Å². The Hall–Kier alpha value is -1.21. The SMILES string of the molecule is Cc1ccccc1OC(=O)[C@@H](CC(C)C)N1C(=O)[C@H]2[C@@H]3C[C@H]([C@@H](Br)[C@H]3Br)[C@@H]2C1=O. The summed E-state index contributed by atoms with van der Waals surface area (Å²) < 4.78 is 5.65. The van der Waals surface area contributed by atoms with Crippen molar-refractivity contribution in [2.45, 2.75) is 49.3 Å². The fourth-order valence-electron chi connectivity index (χ4n) is 5.28. The van der Waals surface area contributed by atoms with E-state index in [9.17, 15) is 14.4 Å². The number of benzene rings is 1. The lowest BCUT2D eigenvalue weighted by Gasteiger charge is -2.28. The zero-order chi connectivity index (χ0) is 21.0. The fraction of sp³-hybridized carbons (Fsp3) is 0.591. The van der Waals surface area contributed by atoms with Gasteiger partial charge in [0.25, 0.3) is 0 Å². The summed E-state index contributed by atoms with van der Waals surface area (Å²) in [6, 6.07) is 6.37. The van der Waals surface area contributed by atoms with Gasteiger partial charge >= 0.3 is 5.97 Å². The van der Waals surface area contributed by atoms with Crippen molar-refractivity contribution in [2.24, 2.45) is 29.6 Å². The molecule has 0 radical (unpaired) electrons. The number of ether oxygens (including phenoxy) is 1. The lowest BCUT2D eigenvalue weighted by molar-refractivity contribution is -0.154. The van der Waals surface area contributed by atoms with Gasteiger partial charge in [0, 0.05) is 9.65 Å². The molecule has 2 saturated carbocycles. The van der Waals surface area contributed by atoms with Crippen LogP contribution in [-0.2, 0) is 14.4 Å². The Labute approximate surface area is 187 Å². The highest BCUT2D eigenvalue weighted by Gasteiger charge is 2.67. The van der Waals surface area contributed by atoms with Crippen molar-refractivity contribution >= 4 is 49.6 Å². The molecule has 1 heterocycles. The lowest BCUT2D eigenvalue weighted by Crippen LogP contribution is -2.48. The Morgan fingerprint density at radius 2 is 1.66 bits per heavy atom. The number of carbonyl (C=O) groups excluding carboxylic acids is 3. The average Bonchev–Trinajstić information content (AvgIpc) is 3.27. The number of rotatable bonds is 5. The van der Waals surface area contributed by atoms with Gasteiger partial charge in [-0.1, -0.05) is 63.9 Å². The van der Waals surface area contributed by atoms with Crippen LogP contribution >= 0.6 is 31.9 Å². The zero-order valence-corrected chi connectivity index (χ0v) is 19.9. The van der Waals surface area contributed by atoms with E-state index in [0.29, 0.717) is 12.2 Å². The number of nitrogens with zero attached hydrogens (tertiary/aromatic N) is 1. The predicted molar refractivity (Wildman–Crippen MR) is 116 cm³/mol. The molecule has 2 aliphatic carbocycles. The summed E-state index contributed by atoms with van der Waals surface area (Å²) in [5.41, 5.74) is 0.836. The number of fused-ring (bicyclic) bond motifs is 5. The largest absolute Gasteiger partial charge is 0.425 e. The van der Waals surface area contributed by atoms with Crippen LogP contribution in [0.3, 0.4) is 0 Å². The van der Waals surface area contributed by atoms with Gasteiger partial charge in [0.2, 0.25) is 11.8 Å². The standard InChI is InChI=1S/C22H25Br2NO4/c1-10(2)8-14(22(28)29-15-7-5-4-6-11(15)3)25-20(26)16-12-9-13(17(16)21(25)27)19(24)18(12)23/h4-7,10,12-14,16-19H,8-9H2,1-3H3/t12-,13-,14+,16-,17-,18-,19+/m0/s1. The number of para-hydroxylation sites is 1. The Bertz CT molecular complexity index is 825. The van der Waals surface area contributed by atoms with Crippen LogP contribution in [0, 0.1) is 36.5 Å². The van der Waals surface area contributed by atoms with Crippen molar-refractivity contribution in [3.8, 4) is 5.75 Å². The molecule has 0 spiro atoms. The van der Waals surface area contributed by atoms with Gasteiger partial charge in [-0.2, -0.15) is 0 Å². The van der Waals surface area contributed by atoms with Gasteiger partial charge in [-0.15, -0.1) is 0 Å². The molecule has 0 aromatic heterocycles. The molecule has 2 amide bonds. The summed E-state index contributed by atoms with van der Waals surface area (Å²) in [5.74, 6) is -0.744. The van der Waals surface area contributed by atoms with Crippen LogP contribution in [0.15, 0.2) is 24.3 Å². The summed E-state index contributed by atoms with van der Waals surface area (Å²) in [7, 11) is 0. The van der Waals surface area contributed by atoms with Gasteiger partial charge in [-0.25, -0.2) is 4.79 Å². The van der Waals surface area contributed by atoms with E-state index in [2.05, 4.69) is 31.9 Å². The summed E-state index contributed by atoms with van der Waals surface area (Å²) in [5, 5.41) is 0. The van der Waals surface area contributed by atoms with E-state index in [0.717, 1.165) is 12.0 Å². The fourth-order valence-corrected chi connectivity index (χ4v) is 7.15. The second kappa shape index (κ2) is 7.80. The molecule has 2 bridgehead atoms. The second-order valence-electron chi connectivity index (χ2n) is 8.88. The molecular formula is C22H25Br2NO4. The normalized spacial score (nSPS) is 34.1. The predicted octanol–water partition coefficient (Wildman–Crippen LogP) is 4.09. The number of esters is 1. The van der Waals surface area contributed by atoms with Gasteiger partial charge in [0.1, 0.15) is 11.8 Å². The molecule has 1 aromatic rings. The van der Waals surface area contributed by atoms with E-state index in [4.69, 9.17) is 4.74 Å². The first-order valence-corrected chi connectivity index (χ1v) is 12.0. The number of carbonyl (C=O) groups is 3. The first-order valence-electron chi connectivity index (χ1n) is 10.1. The molecule has 5 nitrogen and oxygen atoms in total. The van der Waals surface area contributed by atoms with Crippen LogP contribution in [-0.4, -0.2) is 38.4 Å². The molecule has 1 aromatic carbocycles. The molecule has 0 N–H and O–H groups in total. The molecule has 7 heteroatoms. The van der Waals surface area contributed by atoms with E-state index in [1.165, 1.54) is 4.90 Å². The van der Waals surface area contributed by atoms with Crippen molar-refractivity contribution in [1.29, 1.82) is 0 Å². The van der Waals surface area contributed by atoms with E-state index in [1.807, 2.05) is 32.9 Å². The summed E-state index contributed by atoms with van der Waals surface area (Å²) in [6.07, 6.45) is 1.27. The molecular weight excluding hydrogens is 502 g/mol. The van der Waals surface area contributed by atoms with Crippen molar-refractivity contribution in [2.75, 3.05) is 0 Å². The van der Waals surface area contributed by atoms with Crippen LogP contribution in [0.4, 0.5) is 0 Å². The topological polar surface area (TPSA) is 63.7 Å². The number of imide groups is 1. The second-order valence-corrected chi connectivity index (χ2v) is 11.0. The highest BCUT2D eigenvalue weighted by molar-refractivity contribution is 9.12. The van der Waals surface area contributed by atoms with E-state index in [-0.39, 0.29) is 51.1 Å². The Morgan fingerprint density at radius 1 is 1.10 bits per heavy atom. The van der Waals surface area contributed by atoms with Gasteiger partial charge in [0.05, 0.1) is 11.8 Å². The molecule has 4 rings (SSSR count). The molecule has 156 valence electrons. The minimum atomic E-state index is -0.887. The average molecular weight is 527 g/mol. The third kappa shape index (κ3) is 3.38. The van der Waals surface area contributed by atoms with Crippen molar-refractivity contribution in [1.82, 2.24) is 4.90 Å². The zero-order valence-electron chi connectivity index (χ0n) is 16.7. The number of hydrogen-bond donors (Lipinski definition) is 0. The van der Waals surface area contributed by atoms with Gasteiger partial charge in [-0.3, -0.25) is 14.5 Å². The van der Waals surface area contributed by atoms with Crippen LogP contribution in [0.1, 0.15) is 32.3 Å². The van der Waals surface area contributed by atoms with Crippen LogP contribution in [0.2, 0.25) is 0 Å². The number of hydrogen-bond acceptors (Lipinski definition) is 4. The quantitative estimate of drug-likeness (QED) is 0.251. The minimum absolute atomic E-state index is 0.128. The monoisotopic (exact) mass is 525 g/mol. The molecule has 0 unspecified atom stereocenters. The molecule has 1 aliphatic heterocycles. The first kappa shape index (κ1) is 21.0. The molecule has 7 atom stereocenters. The molecule has 29 heavy (non-hydrogen) atoms. The van der Waals surface area contributed by atoms with Crippen LogP contribution in [0.25, 0.3) is 0 Å². The van der Waals surface area contributed by atoms with Crippen molar-refractivity contribution < 1.29 is 19.1 Å². The lowest BCUT2D eigenvalue weighted by atomic mass is 9.81. The maximum Gasteiger partial charge on any atom is 0.334 e. The number of alkyl halides is 2. The minimum Gasteiger partial charge on any atom is -0.425 e. The number of halogens is 2.